The summed E-state index contributed by atoms with van der Waals surface area (Å²) in [6.45, 7) is 0.403. The Bertz CT molecular complexity index is 1540. The largest absolute Gasteiger partial charge is 0.489 e. The summed E-state index contributed by atoms with van der Waals surface area (Å²) in [5.41, 5.74) is 0.662. The van der Waals surface area contributed by atoms with Crippen molar-refractivity contribution < 1.29 is 17.9 Å². The molecule has 5 rings (SSSR count). The van der Waals surface area contributed by atoms with Crippen molar-refractivity contribution in [1.82, 2.24) is 14.0 Å². The van der Waals surface area contributed by atoms with Gasteiger partial charge in [-0.2, -0.15) is 13.2 Å². The van der Waals surface area contributed by atoms with Gasteiger partial charge in [0.05, 0.1) is 16.1 Å². The molecule has 0 bridgehead atoms. The van der Waals surface area contributed by atoms with Crippen molar-refractivity contribution in [2.24, 2.45) is 0 Å². The van der Waals surface area contributed by atoms with Gasteiger partial charge in [-0.15, -0.1) is 0 Å². The van der Waals surface area contributed by atoms with E-state index in [1.54, 1.807) is 16.7 Å². The summed E-state index contributed by atoms with van der Waals surface area (Å²) >= 11 is 6.03. The van der Waals surface area contributed by atoms with Crippen LogP contribution in [0.1, 0.15) is 11.1 Å². The second kappa shape index (κ2) is 7.97. The van der Waals surface area contributed by atoms with E-state index in [1.165, 1.54) is 6.20 Å². The van der Waals surface area contributed by atoms with Crippen molar-refractivity contribution in [3.05, 3.63) is 106 Å². The molecule has 0 atom stereocenters. The molecule has 0 radical (unpaired) electrons. The number of alkyl halides is 3. The molecule has 0 N–H and O–H groups in total. The van der Waals surface area contributed by atoms with Crippen LogP contribution in [0, 0.1) is 0 Å². The number of hydrogen-bond donors (Lipinski definition) is 0. The number of ether oxygens (including phenoxy) is 1. The third-order valence-corrected chi connectivity index (χ3v) is 5.52. The lowest BCUT2D eigenvalue weighted by Gasteiger charge is -2.11. The zero-order valence-corrected chi connectivity index (χ0v) is 17.6. The zero-order valence-electron chi connectivity index (χ0n) is 16.9. The number of aromatic nitrogens is 3. The van der Waals surface area contributed by atoms with Crippen molar-refractivity contribution in [1.29, 1.82) is 0 Å². The molecular formula is C24H15ClF3N3O2. The van der Waals surface area contributed by atoms with E-state index in [0.717, 1.165) is 27.1 Å². The highest BCUT2D eigenvalue weighted by molar-refractivity contribution is 6.32. The van der Waals surface area contributed by atoms with Crippen LogP contribution in [0.3, 0.4) is 0 Å². The molecule has 33 heavy (non-hydrogen) atoms. The standard InChI is InChI=1S/C24H15ClF3N3O2/c25-19-11-17(24(26,27)28)13-29-22(19)31-9-8-30-20-12-18(33-14-15-4-2-1-3-5-15)7-6-16(20)10-21(30)23(31)32/h1-13H,14H2. The molecular weight excluding hydrogens is 455 g/mol. The Balaban J connectivity index is 1.53. The predicted octanol–water partition coefficient (Wildman–Crippen LogP) is 5.89. The van der Waals surface area contributed by atoms with Gasteiger partial charge in [0.2, 0.25) is 0 Å². The average molecular weight is 470 g/mol. The first-order valence-electron chi connectivity index (χ1n) is 9.87. The van der Waals surface area contributed by atoms with Crippen LogP contribution in [0.4, 0.5) is 13.2 Å². The van der Waals surface area contributed by atoms with E-state index in [4.69, 9.17) is 16.3 Å². The Morgan fingerprint density at radius 3 is 2.48 bits per heavy atom. The average Bonchev–Trinajstić information content (AvgIpc) is 3.17. The fourth-order valence-corrected chi connectivity index (χ4v) is 3.87. The third kappa shape index (κ3) is 3.93. The van der Waals surface area contributed by atoms with Crippen molar-refractivity contribution in [3.63, 3.8) is 0 Å². The molecule has 0 amide bonds. The van der Waals surface area contributed by atoms with Crippen molar-refractivity contribution in [2.45, 2.75) is 12.8 Å². The fourth-order valence-electron chi connectivity index (χ4n) is 3.61. The normalized spacial score (nSPS) is 11.9. The number of hydrogen-bond acceptors (Lipinski definition) is 3. The highest BCUT2D eigenvalue weighted by atomic mass is 35.5. The highest BCUT2D eigenvalue weighted by Gasteiger charge is 2.31. The Morgan fingerprint density at radius 2 is 1.76 bits per heavy atom. The van der Waals surface area contributed by atoms with E-state index in [0.29, 0.717) is 24.1 Å². The minimum atomic E-state index is -4.58. The summed E-state index contributed by atoms with van der Waals surface area (Å²) in [6, 6.07) is 17.7. The Morgan fingerprint density at radius 1 is 0.970 bits per heavy atom. The van der Waals surface area contributed by atoms with E-state index in [2.05, 4.69) is 4.98 Å². The van der Waals surface area contributed by atoms with Crippen LogP contribution in [0.15, 0.2) is 84.0 Å². The molecule has 166 valence electrons. The molecule has 0 fully saturated rings. The molecule has 0 aliphatic rings. The first-order valence-corrected chi connectivity index (χ1v) is 10.3. The van der Waals surface area contributed by atoms with E-state index in [9.17, 15) is 18.0 Å². The lowest BCUT2D eigenvalue weighted by Crippen LogP contribution is -2.21. The minimum Gasteiger partial charge on any atom is -0.489 e. The number of halogens is 4. The Labute approximate surface area is 190 Å². The van der Waals surface area contributed by atoms with Gasteiger partial charge in [-0.05, 0) is 29.8 Å². The number of pyridine rings is 1. The molecule has 0 saturated heterocycles. The summed E-state index contributed by atoms with van der Waals surface area (Å²) in [7, 11) is 0. The van der Waals surface area contributed by atoms with Gasteiger partial charge in [-0.25, -0.2) is 4.98 Å². The van der Waals surface area contributed by atoms with E-state index >= 15 is 0 Å². The second-order valence-electron chi connectivity index (χ2n) is 7.39. The lowest BCUT2D eigenvalue weighted by atomic mass is 10.2. The maximum atomic E-state index is 13.1. The number of rotatable bonds is 4. The minimum absolute atomic E-state index is 0.0747. The van der Waals surface area contributed by atoms with Crippen molar-refractivity contribution >= 4 is 28.0 Å². The van der Waals surface area contributed by atoms with Crippen LogP contribution in [0.2, 0.25) is 5.02 Å². The van der Waals surface area contributed by atoms with Crippen molar-refractivity contribution in [2.75, 3.05) is 0 Å². The molecule has 0 aliphatic carbocycles. The molecule has 5 nitrogen and oxygen atoms in total. The van der Waals surface area contributed by atoms with Gasteiger partial charge in [0.1, 0.15) is 17.9 Å². The van der Waals surface area contributed by atoms with Gasteiger partial charge >= 0.3 is 6.18 Å². The quantitative estimate of drug-likeness (QED) is 0.330. The number of benzene rings is 2. The van der Waals surface area contributed by atoms with E-state index in [-0.39, 0.29) is 10.8 Å². The maximum Gasteiger partial charge on any atom is 0.417 e. The molecule has 0 saturated carbocycles. The van der Waals surface area contributed by atoms with Crippen molar-refractivity contribution in [3.8, 4) is 11.6 Å². The summed E-state index contributed by atoms with van der Waals surface area (Å²) in [5.74, 6) is 0.567. The van der Waals surface area contributed by atoms with E-state index < -0.39 is 17.3 Å². The van der Waals surface area contributed by atoms with Crippen LogP contribution < -0.4 is 10.3 Å². The molecule has 5 aromatic rings. The summed E-state index contributed by atoms with van der Waals surface area (Å²) in [4.78, 5) is 16.9. The third-order valence-electron chi connectivity index (χ3n) is 5.24. The lowest BCUT2D eigenvalue weighted by molar-refractivity contribution is -0.137. The smallest absolute Gasteiger partial charge is 0.417 e. The van der Waals surface area contributed by atoms with Crippen LogP contribution >= 0.6 is 11.6 Å². The molecule has 9 heteroatoms. The topological polar surface area (TPSA) is 48.5 Å². The molecule has 2 aromatic carbocycles. The van der Waals surface area contributed by atoms with Crippen LogP contribution in [-0.2, 0) is 12.8 Å². The molecule has 3 heterocycles. The maximum absolute atomic E-state index is 13.1. The Kier molecular flexibility index (Phi) is 5.09. The summed E-state index contributed by atoms with van der Waals surface area (Å²) in [5, 5.41) is 0.535. The predicted molar refractivity (Wildman–Crippen MR) is 119 cm³/mol. The molecule has 0 aliphatic heterocycles. The summed E-state index contributed by atoms with van der Waals surface area (Å²) in [6.07, 6.45) is -0.865. The fraction of sp³-hybridized carbons (Fsp3) is 0.0833. The monoisotopic (exact) mass is 469 g/mol. The molecule has 3 aromatic heterocycles. The van der Waals surface area contributed by atoms with Gasteiger partial charge in [-0.1, -0.05) is 41.9 Å². The Hall–Kier alpha value is -3.78. The molecule has 0 spiro atoms. The first kappa shape index (κ1) is 21.1. The van der Waals surface area contributed by atoms with Gasteiger partial charge in [0.25, 0.3) is 5.56 Å². The van der Waals surface area contributed by atoms with Gasteiger partial charge in [0, 0.05) is 30.0 Å². The van der Waals surface area contributed by atoms with Crippen LogP contribution in [0.5, 0.6) is 5.75 Å². The van der Waals surface area contributed by atoms with E-state index in [1.807, 2.05) is 48.5 Å². The highest BCUT2D eigenvalue weighted by Crippen LogP contribution is 2.32. The zero-order chi connectivity index (χ0) is 23.2. The van der Waals surface area contributed by atoms with Gasteiger partial charge < -0.3 is 9.14 Å². The van der Waals surface area contributed by atoms with Crippen LogP contribution in [-0.4, -0.2) is 14.0 Å². The number of fused-ring (bicyclic) bond motifs is 3. The summed E-state index contributed by atoms with van der Waals surface area (Å²) < 4.78 is 47.4. The number of nitrogens with zero attached hydrogens (tertiary/aromatic N) is 3. The van der Waals surface area contributed by atoms with Gasteiger partial charge in [-0.3, -0.25) is 9.36 Å². The van der Waals surface area contributed by atoms with Gasteiger partial charge in [0.15, 0.2) is 5.82 Å². The SMILES string of the molecule is O=c1c2cc3ccc(OCc4ccccc4)cc3n2ccn1-c1ncc(C(F)(F)F)cc1Cl. The first-order chi connectivity index (χ1) is 15.8. The molecule has 0 unspecified atom stereocenters. The van der Waals surface area contributed by atoms with Crippen LogP contribution in [0.25, 0.3) is 22.2 Å². The second-order valence-corrected chi connectivity index (χ2v) is 7.80.